The Kier molecular flexibility index (Phi) is 2.19. The van der Waals surface area contributed by atoms with Gasteiger partial charge in [-0.15, -0.1) is 0 Å². The summed E-state index contributed by atoms with van der Waals surface area (Å²) in [6.45, 7) is 0. The Labute approximate surface area is 98.3 Å². The van der Waals surface area contributed by atoms with Crippen LogP contribution in [-0.4, -0.2) is 9.38 Å². The predicted octanol–water partition coefficient (Wildman–Crippen LogP) is 2.71. The van der Waals surface area contributed by atoms with E-state index in [1.165, 1.54) is 0 Å². The zero-order chi connectivity index (χ0) is 11.7. The van der Waals surface area contributed by atoms with E-state index in [1.807, 2.05) is 41.1 Å². The van der Waals surface area contributed by atoms with Crippen molar-refractivity contribution in [3.63, 3.8) is 0 Å². The maximum atomic E-state index is 5.77. The number of imidazole rings is 1. The summed E-state index contributed by atoms with van der Waals surface area (Å²) in [6.07, 6.45) is 5.55. The molecule has 0 radical (unpaired) electrons. The second-order valence-electron chi connectivity index (χ2n) is 3.70. The van der Waals surface area contributed by atoms with Crippen LogP contribution in [0.15, 0.2) is 55.0 Å². The van der Waals surface area contributed by atoms with Gasteiger partial charge in [-0.1, -0.05) is 0 Å². The minimum absolute atomic E-state index is 0.719. The Morgan fingerprint density at radius 1 is 1.06 bits per heavy atom. The van der Waals surface area contributed by atoms with Gasteiger partial charge in [0.05, 0.1) is 0 Å². The summed E-state index contributed by atoms with van der Waals surface area (Å²) >= 11 is 0. The monoisotopic (exact) mass is 225 g/mol. The molecule has 17 heavy (non-hydrogen) atoms. The number of ether oxygens (including phenoxy) is 1. The molecule has 0 bridgehead atoms. The molecule has 2 heterocycles. The number of aromatic nitrogens is 2. The number of fused-ring (bicyclic) bond motifs is 1. The van der Waals surface area contributed by atoms with Crippen LogP contribution in [-0.2, 0) is 0 Å². The molecule has 0 saturated carbocycles. The highest BCUT2D eigenvalue weighted by molar-refractivity contribution is 5.55. The molecule has 0 saturated heterocycles. The third-order valence-corrected chi connectivity index (χ3v) is 2.49. The molecule has 0 aliphatic carbocycles. The van der Waals surface area contributed by atoms with Crippen molar-refractivity contribution in [1.82, 2.24) is 9.38 Å². The van der Waals surface area contributed by atoms with Crippen LogP contribution >= 0.6 is 0 Å². The van der Waals surface area contributed by atoms with E-state index >= 15 is 0 Å². The molecule has 4 nitrogen and oxygen atoms in total. The first kappa shape index (κ1) is 9.72. The van der Waals surface area contributed by atoms with Crippen molar-refractivity contribution >= 4 is 11.3 Å². The largest absolute Gasteiger partial charge is 0.453 e. The van der Waals surface area contributed by atoms with Crippen LogP contribution in [0.3, 0.4) is 0 Å². The second-order valence-corrected chi connectivity index (χ2v) is 3.70. The molecule has 1 aromatic carbocycles. The zero-order valence-corrected chi connectivity index (χ0v) is 9.08. The van der Waals surface area contributed by atoms with Gasteiger partial charge in [-0.3, -0.25) is 0 Å². The normalized spacial score (nSPS) is 10.6. The fourth-order valence-electron chi connectivity index (χ4n) is 1.66. The van der Waals surface area contributed by atoms with Gasteiger partial charge in [-0.25, -0.2) is 4.98 Å². The van der Waals surface area contributed by atoms with Gasteiger partial charge in [0.25, 0.3) is 0 Å². The van der Waals surface area contributed by atoms with E-state index in [0.717, 1.165) is 22.8 Å². The molecule has 0 spiro atoms. The van der Waals surface area contributed by atoms with Gasteiger partial charge in [-0.2, -0.15) is 0 Å². The number of hydrogen-bond donors (Lipinski definition) is 1. The van der Waals surface area contributed by atoms with Crippen LogP contribution in [0.1, 0.15) is 0 Å². The third kappa shape index (κ3) is 1.80. The zero-order valence-electron chi connectivity index (χ0n) is 9.08. The van der Waals surface area contributed by atoms with E-state index in [4.69, 9.17) is 10.5 Å². The SMILES string of the molecule is Nc1ccc(Oc2cccn3ccnc23)cc1. The fourth-order valence-corrected chi connectivity index (χ4v) is 1.66. The number of rotatable bonds is 2. The van der Waals surface area contributed by atoms with Crippen molar-refractivity contribution in [1.29, 1.82) is 0 Å². The minimum atomic E-state index is 0.719. The second kappa shape index (κ2) is 3.83. The first-order valence-corrected chi connectivity index (χ1v) is 5.28. The standard InChI is InChI=1S/C13H11N3O/c14-10-3-5-11(6-4-10)17-12-2-1-8-16-9-7-15-13(12)16/h1-9H,14H2. The highest BCUT2D eigenvalue weighted by Gasteiger charge is 2.04. The van der Waals surface area contributed by atoms with E-state index in [-0.39, 0.29) is 0 Å². The van der Waals surface area contributed by atoms with Gasteiger partial charge in [0, 0.05) is 24.3 Å². The lowest BCUT2D eigenvalue weighted by atomic mass is 10.3. The Bertz CT molecular complexity index is 643. The van der Waals surface area contributed by atoms with Gasteiger partial charge in [0.2, 0.25) is 0 Å². The van der Waals surface area contributed by atoms with E-state index in [1.54, 1.807) is 18.3 Å². The fraction of sp³-hybridized carbons (Fsp3) is 0. The molecular formula is C13H11N3O. The van der Waals surface area contributed by atoms with E-state index in [2.05, 4.69) is 4.98 Å². The summed E-state index contributed by atoms with van der Waals surface area (Å²) in [6, 6.07) is 11.1. The first-order chi connectivity index (χ1) is 8.33. The maximum Gasteiger partial charge on any atom is 0.180 e. The number of nitrogen functional groups attached to an aromatic ring is 1. The lowest BCUT2D eigenvalue weighted by Crippen LogP contribution is -1.90. The van der Waals surface area contributed by atoms with Gasteiger partial charge >= 0.3 is 0 Å². The first-order valence-electron chi connectivity index (χ1n) is 5.28. The molecule has 4 heteroatoms. The third-order valence-electron chi connectivity index (χ3n) is 2.49. The van der Waals surface area contributed by atoms with Crippen LogP contribution in [0.2, 0.25) is 0 Å². The van der Waals surface area contributed by atoms with Crippen molar-refractivity contribution < 1.29 is 4.74 Å². The van der Waals surface area contributed by atoms with Crippen molar-refractivity contribution in [2.45, 2.75) is 0 Å². The minimum Gasteiger partial charge on any atom is -0.453 e. The molecular weight excluding hydrogens is 214 g/mol. The van der Waals surface area contributed by atoms with Crippen LogP contribution in [0.5, 0.6) is 11.5 Å². The van der Waals surface area contributed by atoms with Crippen LogP contribution in [0.25, 0.3) is 5.65 Å². The Morgan fingerprint density at radius 3 is 2.71 bits per heavy atom. The van der Waals surface area contributed by atoms with Gasteiger partial charge < -0.3 is 14.9 Å². The summed E-state index contributed by atoms with van der Waals surface area (Å²) in [7, 11) is 0. The number of nitrogens with zero attached hydrogens (tertiary/aromatic N) is 2. The molecule has 2 N–H and O–H groups in total. The van der Waals surface area contributed by atoms with E-state index in [0.29, 0.717) is 0 Å². The topological polar surface area (TPSA) is 52.5 Å². The summed E-state index contributed by atoms with van der Waals surface area (Å²) in [4.78, 5) is 4.25. The summed E-state index contributed by atoms with van der Waals surface area (Å²) in [5.41, 5.74) is 7.14. The van der Waals surface area contributed by atoms with Gasteiger partial charge in [0.15, 0.2) is 11.4 Å². The summed E-state index contributed by atoms with van der Waals surface area (Å²) in [5.74, 6) is 1.47. The number of nitrogens with two attached hydrogens (primary N) is 1. The van der Waals surface area contributed by atoms with E-state index < -0.39 is 0 Å². The Hall–Kier alpha value is -2.49. The van der Waals surface area contributed by atoms with E-state index in [9.17, 15) is 0 Å². The Balaban J connectivity index is 1.99. The van der Waals surface area contributed by atoms with Crippen LogP contribution < -0.4 is 10.5 Å². The molecule has 0 aliphatic rings. The lowest BCUT2D eigenvalue weighted by molar-refractivity contribution is 0.485. The molecule has 0 aliphatic heterocycles. The molecule has 2 aromatic heterocycles. The van der Waals surface area contributed by atoms with Crippen molar-refractivity contribution in [2.24, 2.45) is 0 Å². The van der Waals surface area contributed by atoms with Crippen LogP contribution in [0.4, 0.5) is 5.69 Å². The number of benzene rings is 1. The summed E-state index contributed by atoms with van der Waals surface area (Å²) < 4.78 is 7.68. The number of hydrogen-bond acceptors (Lipinski definition) is 3. The van der Waals surface area contributed by atoms with Gasteiger partial charge in [-0.05, 0) is 36.4 Å². The number of anilines is 1. The quantitative estimate of drug-likeness (QED) is 0.682. The average molecular weight is 225 g/mol. The maximum absolute atomic E-state index is 5.77. The smallest absolute Gasteiger partial charge is 0.180 e. The highest BCUT2D eigenvalue weighted by Crippen LogP contribution is 2.25. The van der Waals surface area contributed by atoms with Gasteiger partial charge in [0.1, 0.15) is 5.75 Å². The number of pyridine rings is 1. The molecule has 0 fully saturated rings. The predicted molar refractivity (Wildman–Crippen MR) is 66.1 cm³/mol. The molecule has 3 rings (SSSR count). The summed E-state index contributed by atoms with van der Waals surface area (Å²) in [5, 5.41) is 0. The lowest BCUT2D eigenvalue weighted by Gasteiger charge is -2.06. The highest BCUT2D eigenvalue weighted by atomic mass is 16.5. The molecule has 0 unspecified atom stereocenters. The van der Waals surface area contributed by atoms with Crippen molar-refractivity contribution in [3.8, 4) is 11.5 Å². The molecule has 84 valence electrons. The molecule has 0 atom stereocenters. The van der Waals surface area contributed by atoms with Crippen molar-refractivity contribution in [3.05, 3.63) is 55.0 Å². The van der Waals surface area contributed by atoms with Crippen molar-refractivity contribution in [2.75, 3.05) is 5.73 Å². The van der Waals surface area contributed by atoms with Crippen LogP contribution in [0, 0.1) is 0 Å². The molecule has 0 amide bonds. The molecule has 3 aromatic rings. The Morgan fingerprint density at radius 2 is 1.88 bits per heavy atom. The average Bonchev–Trinajstić information content (AvgIpc) is 2.81.